The summed E-state index contributed by atoms with van der Waals surface area (Å²) in [4.78, 5) is 14.9. The zero-order valence-corrected chi connectivity index (χ0v) is 8.60. The van der Waals surface area contributed by atoms with E-state index in [1.165, 1.54) is 0 Å². The fourth-order valence-corrected chi connectivity index (χ4v) is 0.657. The molecule has 0 aromatic heterocycles. The van der Waals surface area contributed by atoms with Crippen LogP contribution in [0.2, 0.25) is 0 Å². The van der Waals surface area contributed by atoms with Crippen LogP contribution in [0.3, 0.4) is 0 Å². The number of hydroxylamine groups is 2. The molecule has 1 N–H and O–H groups in total. The number of rotatable bonds is 6. The third kappa shape index (κ3) is 5.75. The van der Waals surface area contributed by atoms with Gasteiger partial charge in [-0.2, -0.15) is 0 Å². The van der Waals surface area contributed by atoms with E-state index in [0.29, 0.717) is 10.6 Å². The topological polar surface area (TPSA) is 59.0 Å². The minimum Gasteiger partial charge on any atom is -0.463 e. The van der Waals surface area contributed by atoms with Crippen molar-refractivity contribution >= 4 is 29.7 Å². The number of amides is 1. The molecule has 0 atom stereocenters. The summed E-state index contributed by atoms with van der Waals surface area (Å²) >= 11 is 6.31. The van der Waals surface area contributed by atoms with Crippen molar-refractivity contribution in [3.63, 3.8) is 0 Å². The van der Waals surface area contributed by atoms with Gasteiger partial charge in [-0.05, 0) is 5.57 Å². The summed E-state index contributed by atoms with van der Waals surface area (Å²) in [5.41, 5.74) is 0.522. The first-order valence-corrected chi connectivity index (χ1v) is 4.90. The highest BCUT2D eigenvalue weighted by molar-refractivity contribution is 7.93. The van der Waals surface area contributed by atoms with E-state index in [9.17, 15) is 4.79 Å². The van der Waals surface area contributed by atoms with Gasteiger partial charge in [0.05, 0.1) is 6.54 Å². The summed E-state index contributed by atoms with van der Waals surface area (Å²) in [5.74, 6) is 0.173. The van der Waals surface area contributed by atoms with Gasteiger partial charge >= 0.3 is 6.09 Å². The van der Waals surface area contributed by atoms with Crippen LogP contribution in [0.4, 0.5) is 4.79 Å². The summed E-state index contributed by atoms with van der Waals surface area (Å²) in [6, 6.07) is 0. The molecule has 0 heterocycles. The minimum absolute atomic E-state index is 0.0145. The lowest BCUT2D eigenvalue weighted by Gasteiger charge is -2.15. The smallest absolute Gasteiger partial charge is 0.434 e. The second-order valence-corrected chi connectivity index (χ2v) is 2.75. The van der Waals surface area contributed by atoms with Crippen LogP contribution in [0.5, 0.6) is 0 Å². The van der Waals surface area contributed by atoms with Gasteiger partial charge in [0.2, 0.25) is 0 Å². The van der Waals surface area contributed by atoms with Crippen molar-refractivity contribution in [1.29, 1.82) is 0 Å². The summed E-state index contributed by atoms with van der Waals surface area (Å²) in [7, 11) is 0. The Morgan fingerprint density at radius 2 is 2.38 bits per heavy atom. The molecule has 13 heavy (non-hydrogen) atoms. The maximum atomic E-state index is 10.5. The van der Waals surface area contributed by atoms with Crippen LogP contribution in [-0.2, 0) is 9.32 Å². The Hall–Kier alpha value is -0.430. The number of carboxylic acid groups (broad SMARTS) is 1. The first-order chi connectivity index (χ1) is 6.11. The molecule has 0 unspecified atom stereocenters. The normalized spacial score (nSPS) is 9.69. The van der Waals surface area contributed by atoms with E-state index in [1.54, 1.807) is 6.26 Å². The standard InChI is InChI=1S/C6H10ClNO4S/c1-5(3-7)4-8(6(9)10)11-12-13-2/h1,3-4H2,2H3,(H,9,10). The molecule has 0 bridgehead atoms. The molecule has 5 nitrogen and oxygen atoms in total. The van der Waals surface area contributed by atoms with Crippen molar-refractivity contribution in [3.8, 4) is 0 Å². The first-order valence-electron chi connectivity index (χ1n) is 3.22. The molecule has 0 aliphatic rings. The van der Waals surface area contributed by atoms with Crippen molar-refractivity contribution in [1.82, 2.24) is 5.06 Å². The molecule has 0 radical (unpaired) electrons. The maximum absolute atomic E-state index is 10.5. The fraction of sp³-hybridized carbons (Fsp3) is 0.500. The van der Waals surface area contributed by atoms with Gasteiger partial charge in [0.25, 0.3) is 0 Å². The highest BCUT2D eigenvalue weighted by Gasteiger charge is 2.14. The van der Waals surface area contributed by atoms with Crippen LogP contribution in [0.1, 0.15) is 0 Å². The molecular formula is C6H10ClNO4S. The van der Waals surface area contributed by atoms with Crippen molar-refractivity contribution in [2.45, 2.75) is 0 Å². The van der Waals surface area contributed by atoms with E-state index in [2.05, 4.69) is 15.9 Å². The molecule has 0 fully saturated rings. The lowest BCUT2D eigenvalue weighted by molar-refractivity contribution is -0.335. The second kappa shape index (κ2) is 7.02. The predicted octanol–water partition coefficient (Wildman–Crippen LogP) is 1.90. The van der Waals surface area contributed by atoms with Crippen molar-refractivity contribution in [3.05, 3.63) is 12.2 Å². The zero-order valence-electron chi connectivity index (χ0n) is 7.03. The molecule has 0 saturated carbocycles. The molecule has 0 rings (SSSR count). The van der Waals surface area contributed by atoms with Gasteiger partial charge in [0.1, 0.15) is 0 Å². The summed E-state index contributed by atoms with van der Waals surface area (Å²) in [6.45, 7) is 3.51. The van der Waals surface area contributed by atoms with E-state index in [-0.39, 0.29) is 12.4 Å². The van der Waals surface area contributed by atoms with Crippen LogP contribution in [0.25, 0.3) is 0 Å². The molecule has 76 valence electrons. The third-order valence-corrected chi connectivity index (χ3v) is 1.53. The maximum Gasteiger partial charge on any atom is 0.434 e. The predicted molar refractivity (Wildman–Crippen MR) is 50.3 cm³/mol. The lowest BCUT2D eigenvalue weighted by atomic mass is 10.3. The van der Waals surface area contributed by atoms with Gasteiger partial charge < -0.3 is 5.11 Å². The Kier molecular flexibility index (Phi) is 6.79. The van der Waals surface area contributed by atoms with Gasteiger partial charge in [0.15, 0.2) is 0 Å². The van der Waals surface area contributed by atoms with Crippen molar-refractivity contribution in [2.75, 3.05) is 18.7 Å². The number of hydrogen-bond donors (Lipinski definition) is 1. The third-order valence-electron chi connectivity index (χ3n) is 0.958. The molecule has 0 spiro atoms. The second-order valence-electron chi connectivity index (χ2n) is 2.01. The lowest BCUT2D eigenvalue weighted by Crippen LogP contribution is -2.31. The number of carbonyl (C=O) groups is 1. The summed E-state index contributed by atoms with van der Waals surface area (Å²) in [5, 5.41) is 9.17. The zero-order chi connectivity index (χ0) is 10.3. The highest BCUT2D eigenvalue weighted by Crippen LogP contribution is 2.04. The van der Waals surface area contributed by atoms with Crippen LogP contribution < -0.4 is 0 Å². The van der Waals surface area contributed by atoms with Crippen LogP contribution in [-0.4, -0.2) is 34.9 Å². The van der Waals surface area contributed by atoms with E-state index in [1.807, 2.05) is 0 Å². The number of hydrogen-bond acceptors (Lipinski definition) is 4. The monoisotopic (exact) mass is 227 g/mol. The molecule has 0 aromatic rings. The minimum atomic E-state index is -1.26. The van der Waals surface area contributed by atoms with Crippen LogP contribution >= 0.6 is 23.6 Å². The molecule has 7 heteroatoms. The van der Waals surface area contributed by atoms with Crippen molar-refractivity contribution in [2.24, 2.45) is 0 Å². The fourth-order valence-electron chi connectivity index (χ4n) is 0.438. The molecule has 0 saturated heterocycles. The first kappa shape index (κ1) is 12.6. The van der Waals surface area contributed by atoms with E-state index in [4.69, 9.17) is 16.7 Å². The molecule has 1 amide bonds. The van der Waals surface area contributed by atoms with E-state index >= 15 is 0 Å². The quantitative estimate of drug-likeness (QED) is 0.247. The van der Waals surface area contributed by atoms with Gasteiger partial charge in [-0.3, -0.25) is 0 Å². The van der Waals surface area contributed by atoms with Gasteiger partial charge in [-0.15, -0.1) is 21.0 Å². The molecule has 0 aliphatic heterocycles. The number of alkyl halides is 1. The van der Waals surface area contributed by atoms with Gasteiger partial charge in [-0.25, -0.2) is 4.79 Å². The molecule has 0 aromatic carbocycles. The van der Waals surface area contributed by atoms with Crippen LogP contribution in [0.15, 0.2) is 12.2 Å². The Bertz CT molecular complexity index is 189. The highest BCUT2D eigenvalue weighted by atomic mass is 35.5. The van der Waals surface area contributed by atoms with Crippen molar-refractivity contribution < 1.29 is 19.2 Å². The molecular weight excluding hydrogens is 218 g/mol. The SMILES string of the molecule is C=C(CCl)CN(OOSC)C(=O)O. The Labute approximate surface area is 85.3 Å². The summed E-state index contributed by atoms with van der Waals surface area (Å²) < 4.78 is 4.38. The average Bonchev–Trinajstić information content (AvgIpc) is 2.11. The van der Waals surface area contributed by atoms with E-state index in [0.717, 1.165) is 12.0 Å². The van der Waals surface area contributed by atoms with Gasteiger partial charge in [-0.1, -0.05) is 11.6 Å². The Morgan fingerprint density at radius 1 is 1.77 bits per heavy atom. The number of nitrogens with zero attached hydrogens (tertiary/aromatic N) is 1. The summed E-state index contributed by atoms with van der Waals surface area (Å²) in [6.07, 6.45) is 0.330. The Balaban J connectivity index is 3.94. The largest absolute Gasteiger partial charge is 0.463 e. The van der Waals surface area contributed by atoms with E-state index < -0.39 is 6.09 Å². The number of halogens is 1. The molecule has 0 aliphatic carbocycles. The Morgan fingerprint density at radius 3 is 2.77 bits per heavy atom. The average molecular weight is 228 g/mol. The van der Waals surface area contributed by atoms with Crippen LogP contribution in [0, 0.1) is 0 Å². The van der Waals surface area contributed by atoms with Gasteiger partial charge in [0, 0.05) is 24.2 Å².